The topological polar surface area (TPSA) is 134 Å². The van der Waals surface area contributed by atoms with Gasteiger partial charge in [0.1, 0.15) is 6.61 Å². The minimum Gasteiger partial charge on any atom is -0.462 e. The monoisotopic (exact) mass is 718 g/mol. The summed E-state index contributed by atoms with van der Waals surface area (Å²) in [6, 6.07) is 0. The van der Waals surface area contributed by atoms with Gasteiger partial charge in [0.15, 0.2) is 6.10 Å². The molecule has 0 aliphatic rings. The highest BCUT2D eigenvalue weighted by molar-refractivity contribution is 7.47. The van der Waals surface area contributed by atoms with Crippen LogP contribution in [0.2, 0.25) is 0 Å². The van der Waals surface area contributed by atoms with Gasteiger partial charge in [-0.2, -0.15) is 0 Å². The molecule has 3 N–H and O–H groups in total. The van der Waals surface area contributed by atoms with E-state index in [1.54, 1.807) is 0 Å². The molecule has 49 heavy (non-hydrogen) atoms. The largest absolute Gasteiger partial charge is 0.472 e. The van der Waals surface area contributed by atoms with Gasteiger partial charge in [-0.1, -0.05) is 154 Å². The van der Waals surface area contributed by atoms with Crippen molar-refractivity contribution >= 4 is 19.8 Å². The van der Waals surface area contributed by atoms with Crippen LogP contribution in [0.25, 0.3) is 0 Å². The Bertz CT molecular complexity index is 825. The predicted octanol–water partition coefficient (Wildman–Crippen LogP) is 11.1. The van der Waals surface area contributed by atoms with Gasteiger partial charge in [0, 0.05) is 19.4 Å². The Kier molecular flexibility index (Phi) is 35.6. The number of hydrogen-bond donors (Lipinski definition) is 2. The molecule has 0 aromatic rings. The maximum Gasteiger partial charge on any atom is 0.472 e. The summed E-state index contributed by atoms with van der Waals surface area (Å²) < 4.78 is 32.7. The Balaban J connectivity index is 4.14. The third kappa shape index (κ3) is 36.3. The number of esters is 2. The van der Waals surface area contributed by atoms with Crippen LogP contribution in [0.4, 0.5) is 0 Å². The Morgan fingerprint density at radius 3 is 1.45 bits per heavy atom. The zero-order valence-electron chi connectivity index (χ0n) is 31.7. The van der Waals surface area contributed by atoms with Gasteiger partial charge in [0.2, 0.25) is 0 Å². The number of phosphoric ester groups is 1. The van der Waals surface area contributed by atoms with Crippen LogP contribution in [0, 0.1) is 0 Å². The summed E-state index contributed by atoms with van der Waals surface area (Å²) in [6.07, 6.45) is 35.2. The van der Waals surface area contributed by atoms with Gasteiger partial charge >= 0.3 is 19.8 Å². The Hall–Kier alpha value is -1.25. The molecule has 0 heterocycles. The molecule has 0 radical (unpaired) electrons. The normalized spacial score (nSPS) is 13.5. The maximum absolute atomic E-state index is 12.5. The van der Waals surface area contributed by atoms with E-state index in [0.717, 1.165) is 32.1 Å². The molecule has 2 unspecified atom stereocenters. The fraction of sp³-hybridized carbons (Fsp3) is 0.897. The van der Waals surface area contributed by atoms with E-state index in [1.165, 1.54) is 128 Å². The van der Waals surface area contributed by atoms with Gasteiger partial charge in [-0.3, -0.25) is 18.6 Å². The zero-order valence-corrected chi connectivity index (χ0v) is 32.6. The number of nitrogens with two attached hydrogens (primary N) is 1. The molecule has 0 bridgehead atoms. The number of phosphoric acid groups is 1. The summed E-state index contributed by atoms with van der Waals surface area (Å²) >= 11 is 0. The molecule has 9 nitrogen and oxygen atoms in total. The molecule has 0 aliphatic carbocycles. The van der Waals surface area contributed by atoms with Gasteiger partial charge in [-0.05, 0) is 38.5 Å². The van der Waals surface area contributed by atoms with E-state index >= 15 is 0 Å². The third-order valence-corrected chi connectivity index (χ3v) is 9.64. The molecule has 0 aromatic carbocycles. The van der Waals surface area contributed by atoms with Crippen LogP contribution < -0.4 is 5.73 Å². The van der Waals surface area contributed by atoms with E-state index in [1.807, 2.05) is 0 Å². The molecule has 0 fully saturated rings. The Morgan fingerprint density at radius 1 is 0.592 bits per heavy atom. The predicted molar refractivity (Wildman–Crippen MR) is 201 cm³/mol. The van der Waals surface area contributed by atoms with Gasteiger partial charge < -0.3 is 20.1 Å². The van der Waals surface area contributed by atoms with E-state index in [2.05, 4.69) is 26.0 Å². The molecular formula is C39H76NO8P. The van der Waals surface area contributed by atoms with Crippen LogP contribution >= 0.6 is 7.82 Å². The summed E-state index contributed by atoms with van der Waals surface area (Å²) in [7, 11) is -4.37. The molecule has 0 aromatic heterocycles. The molecule has 0 saturated heterocycles. The first kappa shape index (κ1) is 47.8. The van der Waals surface area contributed by atoms with Crippen molar-refractivity contribution in [2.45, 2.75) is 200 Å². The second-order valence-electron chi connectivity index (χ2n) is 13.5. The van der Waals surface area contributed by atoms with Crippen molar-refractivity contribution in [3.05, 3.63) is 12.2 Å². The summed E-state index contributed by atoms with van der Waals surface area (Å²) in [5.41, 5.74) is 5.33. The number of rotatable bonds is 38. The summed E-state index contributed by atoms with van der Waals surface area (Å²) in [6.45, 7) is 3.72. The Labute approximate surface area is 300 Å². The lowest BCUT2D eigenvalue weighted by Gasteiger charge is -2.19. The minimum atomic E-state index is -4.37. The van der Waals surface area contributed by atoms with Crippen molar-refractivity contribution in [2.24, 2.45) is 5.73 Å². The molecule has 10 heteroatoms. The van der Waals surface area contributed by atoms with Crippen molar-refractivity contribution in [1.29, 1.82) is 0 Å². The number of hydrogen-bond acceptors (Lipinski definition) is 8. The van der Waals surface area contributed by atoms with Crippen LogP contribution in [-0.2, 0) is 32.7 Å². The maximum atomic E-state index is 12.5. The first-order valence-electron chi connectivity index (χ1n) is 20.2. The smallest absolute Gasteiger partial charge is 0.462 e. The highest BCUT2D eigenvalue weighted by Crippen LogP contribution is 2.43. The van der Waals surface area contributed by atoms with Crippen molar-refractivity contribution in [3.8, 4) is 0 Å². The van der Waals surface area contributed by atoms with Gasteiger partial charge in [-0.25, -0.2) is 4.57 Å². The number of carbonyl (C=O) groups is 2. The van der Waals surface area contributed by atoms with Crippen LogP contribution in [0.5, 0.6) is 0 Å². The highest BCUT2D eigenvalue weighted by atomic mass is 31.2. The van der Waals surface area contributed by atoms with E-state index in [-0.39, 0.29) is 38.6 Å². The highest BCUT2D eigenvalue weighted by Gasteiger charge is 2.26. The number of ether oxygens (including phenoxy) is 2. The third-order valence-electron chi connectivity index (χ3n) is 8.65. The summed E-state index contributed by atoms with van der Waals surface area (Å²) in [4.78, 5) is 34.7. The lowest BCUT2D eigenvalue weighted by atomic mass is 10.1. The summed E-state index contributed by atoms with van der Waals surface area (Å²) in [5, 5.41) is 0. The van der Waals surface area contributed by atoms with E-state index in [0.29, 0.717) is 6.42 Å². The van der Waals surface area contributed by atoms with Crippen LogP contribution in [0.15, 0.2) is 12.2 Å². The molecule has 0 rings (SSSR count). The Morgan fingerprint density at radius 2 is 1.00 bits per heavy atom. The molecule has 0 amide bonds. The molecule has 2 atom stereocenters. The second kappa shape index (κ2) is 36.5. The molecule has 0 aliphatic heterocycles. The number of unbranched alkanes of at least 4 members (excludes halogenated alkanes) is 23. The average molecular weight is 718 g/mol. The first-order chi connectivity index (χ1) is 23.8. The lowest BCUT2D eigenvalue weighted by molar-refractivity contribution is -0.161. The van der Waals surface area contributed by atoms with Crippen molar-refractivity contribution in [2.75, 3.05) is 26.4 Å². The standard InChI is InChI=1S/C39H76NO8P/c1-3-5-7-9-11-13-15-16-17-18-19-20-22-23-25-27-29-31-38(41)45-35-37(36-47-49(43,44)46-34-33-40)48-39(42)32-30-28-26-24-21-14-12-10-8-6-4-2/h16-17,37H,3-15,18-36,40H2,1-2H3,(H,43,44). The first-order valence-corrected chi connectivity index (χ1v) is 21.7. The molecule has 290 valence electrons. The molecule has 0 spiro atoms. The molecule has 0 saturated carbocycles. The zero-order chi connectivity index (χ0) is 36.1. The fourth-order valence-electron chi connectivity index (χ4n) is 5.63. The van der Waals surface area contributed by atoms with Crippen molar-refractivity contribution < 1.29 is 37.6 Å². The summed E-state index contributed by atoms with van der Waals surface area (Å²) in [5.74, 6) is -0.828. The van der Waals surface area contributed by atoms with Gasteiger partial charge in [-0.15, -0.1) is 0 Å². The SMILES string of the molecule is CCCCCCCCC=CCCCCCCCCCC(=O)OCC(COP(=O)(O)OCCN)OC(=O)CCCCCCCCCCCCC. The van der Waals surface area contributed by atoms with Crippen LogP contribution in [0.3, 0.4) is 0 Å². The molecular weight excluding hydrogens is 641 g/mol. The van der Waals surface area contributed by atoms with E-state index in [9.17, 15) is 19.0 Å². The number of carbonyl (C=O) groups excluding carboxylic acids is 2. The quantitative estimate of drug-likeness (QED) is 0.0277. The van der Waals surface area contributed by atoms with E-state index < -0.39 is 26.5 Å². The fourth-order valence-corrected chi connectivity index (χ4v) is 6.39. The van der Waals surface area contributed by atoms with Gasteiger partial charge in [0.25, 0.3) is 0 Å². The lowest BCUT2D eigenvalue weighted by Crippen LogP contribution is -2.29. The van der Waals surface area contributed by atoms with Gasteiger partial charge in [0.05, 0.1) is 13.2 Å². The number of allylic oxidation sites excluding steroid dienone is 2. The average Bonchev–Trinajstić information content (AvgIpc) is 3.08. The van der Waals surface area contributed by atoms with Crippen molar-refractivity contribution in [3.63, 3.8) is 0 Å². The minimum absolute atomic E-state index is 0.0555. The van der Waals surface area contributed by atoms with Crippen molar-refractivity contribution in [1.82, 2.24) is 0 Å². The van der Waals surface area contributed by atoms with Crippen LogP contribution in [0.1, 0.15) is 194 Å². The second-order valence-corrected chi connectivity index (χ2v) is 15.0. The van der Waals surface area contributed by atoms with Crippen LogP contribution in [-0.4, -0.2) is 49.3 Å². The van der Waals surface area contributed by atoms with E-state index in [4.69, 9.17) is 24.3 Å².